The second-order valence-electron chi connectivity index (χ2n) is 9.33. The van der Waals surface area contributed by atoms with Crippen molar-refractivity contribution in [3.63, 3.8) is 0 Å². The number of amides is 1. The largest absolute Gasteiger partial charge is 0.312 e. The third-order valence-electron chi connectivity index (χ3n) is 7.01. The number of amidine groups is 1. The van der Waals surface area contributed by atoms with Crippen molar-refractivity contribution in [2.45, 2.75) is 41.9 Å². The average molecular weight is 533 g/mol. The fourth-order valence-electron chi connectivity index (χ4n) is 4.97. The molecule has 3 aliphatic heterocycles. The lowest BCUT2D eigenvalue weighted by Crippen LogP contribution is -2.50. The van der Waals surface area contributed by atoms with Gasteiger partial charge in [0.15, 0.2) is 0 Å². The molecule has 1 atom stereocenters. The number of rotatable bonds is 6. The molecule has 3 heterocycles. The van der Waals surface area contributed by atoms with Crippen LogP contribution in [-0.2, 0) is 20.6 Å². The molecule has 2 saturated heterocycles. The molecule has 0 radical (unpaired) electrons. The van der Waals surface area contributed by atoms with E-state index in [9.17, 15) is 13.2 Å². The van der Waals surface area contributed by atoms with Gasteiger partial charge in [0.05, 0.1) is 4.90 Å². The molecule has 2 fully saturated rings. The van der Waals surface area contributed by atoms with Crippen LogP contribution in [0.5, 0.6) is 0 Å². The molecule has 0 saturated carbocycles. The summed E-state index contributed by atoms with van der Waals surface area (Å²) >= 11 is 7.83. The summed E-state index contributed by atoms with van der Waals surface area (Å²) in [6.07, 6.45) is 2.80. The van der Waals surface area contributed by atoms with E-state index in [-0.39, 0.29) is 29.8 Å². The van der Waals surface area contributed by atoms with E-state index in [1.165, 1.54) is 15.9 Å². The summed E-state index contributed by atoms with van der Waals surface area (Å²) in [7, 11) is -3.66. The number of sulfonamides is 1. The molecule has 186 valence electrons. The molecule has 1 amide bonds. The van der Waals surface area contributed by atoms with E-state index in [1.54, 1.807) is 18.2 Å². The van der Waals surface area contributed by atoms with E-state index in [0.717, 1.165) is 37.5 Å². The monoisotopic (exact) mass is 532 g/mol. The molecule has 2 aromatic carbocycles. The van der Waals surface area contributed by atoms with E-state index < -0.39 is 15.6 Å². The fourth-order valence-corrected chi connectivity index (χ4v) is 7.78. The molecule has 1 spiro atoms. The maximum Gasteiger partial charge on any atom is 0.253 e. The van der Waals surface area contributed by atoms with Crippen LogP contribution in [0, 0.1) is 5.92 Å². The summed E-state index contributed by atoms with van der Waals surface area (Å²) in [6, 6.07) is 16.7. The Kier molecular flexibility index (Phi) is 7.23. The van der Waals surface area contributed by atoms with Crippen LogP contribution in [0.25, 0.3) is 0 Å². The number of hydrogen-bond acceptors (Lipinski definition) is 6. The quantitative estimate of drug-likeness (QED) is 0.570. The average Bonchev–Trinajstić information content (AvgIpc) is 3.19. The number of nitrogens with zero attached hydrogens (tertiary/aromatic N) is 3. The van der Waals surface area contributed by atoms with Gasteiger partial charge in [-0.2, -0.15) is 4.31 Å². The first-order valence-corrected chi connectivity index (χ1v) is 14.7. The summed E-state index contributed by atoms with van der Waals surface area (Å²) in [5, 5.41) is 3.44. The Hall–Kier alpha value is -1.91. The topological polar surface area (TPSA) is 82.1 Å². The molecule has 10 heteroatoms. The van der Waals surface area contributed by atoms with E-state index >= 15 is 0 Å². The standard InChI is InChI=1S/C25H29ClN4O3S2/c26-21-9-4-10-22(16-21)35(32,33)30-14-11-25(12-15-30)24(31)27-23(28-25)20-8-5-13-29(17-20)34-18-19-6-2-1-3-7-19/h1-4,6-7,9-10,16,20H,5,8,11-15,17-18H2,(H,27,28,31). The number of benzene rings is 2. The zero-order valence-corrected chi connectivity index (χ0v) is 21.8. The van der Waals surface area contributed by atoms with Gasteiger partial charge in [-0.15, -0.1) is 0 Å². The zero-order chi connectivity index (χ0) is 24.5. The van der Waals surface area contributed by atoms with Crippen molar-refractivity contribution < 1.29 is 13.2 Å². The maximum absolute atomic E-state index is 13.1. The smallest absolute Gasteiger partial charge is 0.253 e. The number of carbonyl (C=O) groups is 1. The van der Waals surface area contributed by atoms with Crippen LogP contribution < -0.4 is 5.32 Å². The normalized spacial score (nSPS) is 23.3. The lowest BCUT2D eigenvalue weighted by molar-refractivity contribution is -0.125. The molecule has 0 aliphatic carbocycles. The first kappa shape index (κ1) is 24.8. The number of aliphatic imine (C=N–C) groups is 1. The number of carbonyl (C=O) groups excluding carboxylic acids is 1. The van der Waals surface area contributed by atoms with Crippen LogP contribution in [0.2, 0.25) is 5.02 Å². The van der Waals surface area contributed by atoms with Gasteiger partial charge in [0, 0.05) is 42.9 Å². The van der Waals surface area contributed by atoms with E-state index in [0.29, 0.717) is 17.9 Å². The summed E-state index contributed by atoms with van der Waals surface area (Å²) < 4.78 is 29.9. The van der Waals surface area contributed by atoms with E-state index in [1.807, 2.05) is 18.0 Å². The number of hydrogen-bond donors (Lipinski definition) is 1. The Morgan fingerprint density at radius 2 is 1.86 bits per heavy atom. The Morgan fingerprint density at radius 3 is 2.60 bits per heavy atom. The maximum atomic E-state index is 13.1. The molecule has 1 unspecified atom stereocenters. The number of piperidine rings is 2. The van der Waals surface area contributed by atoms with Crippen LogP contribution in [0.3, 0.4) is 0 Å². The summed E-state index contributed by atoms with van der Waals surface area (Å²) in [5.74, 6) is 1.78. The van der Waals surface area contributed by atoms with Gasteiger partial charge in [-0.1, -0.05) is 59.9 Å². The number of nitrogens with one attached hydrogen (secondary N) is 1. The molecule has 3 aliphatic rings. The van der Waals surface area contributed by atoms with E-state index in [2.05, 4.69) is 33.9 Å². The van der Waals surface area contributed by atoms with Gasteiger partial charge in [0.2, 0.25) is 10.0 Å². The highest BCUT2D eigenvalue weighted by atomic mass is 35.5. The molecular formula is C25H29ClN4O3S2. The van der Waals surface area contributed by atoms with Crippen molar-refractivity contribution in [1.82, 2.24) is 13.9 Å². The minimum atomic E-state index is -3.66. The van der Waals surface area contributed by atoms with Crippen molar-refractivity contribution in [1.29, 1.82) is 0 Å². The van der Waals surface area contributed by atoms with Crippen molar-refractivity contribution >= 4 is 45.3 Å². The Labute approximate surface area is 216 Å². The fraction of sp³-hybridized carbons (Fsp3) is 0.440. The number of halogens is 1. The van der Waals surface area contributed by atoms with Crippen molar-refractivity contribution in [3.8, 4) is 0 Å². The predicted octanol–water partition coefficient (Wildman–Crippen LogP) is 3.95. The first-order chi connectivity index (χ1) is 16.9. The third-order valence-corrected chi connectivity index (χ3v) is 10.3. The highest BCUT2D eigenvalue weighted by Gasteiger charge is 2.48. The third kappa shape index (κ3) is 5.29. The molecule has 0 aromatic heterocycles. The van der Waals surface area contributed by atoms with E-state index in [4.69, 9.17) is 16.6 Å². The molecule has 2 aromatic rings. The van der Waals surface area contributed by atoms with Gasteiger partial charge < -0.3 is 5.32 Å². The van der Waals surface area contributed by atoms with Crippen LogP contribution in [0.15, 0.2) is 64.5 Å². The van der Waals surface area contributed by atoms with Gasteiger partial charge in [-0.3, -0.25) is 9.79 Å². The van der Waals surface area contributed by atoms with Gasteiger partial charge in [0.1, 0.15) is 11.4 Å². The Balaban J connectivity index is 1.22. The van der Waals surface area contributed by atoms with Crippen molar-refractivity contribution in [2.24, 2.45) is 10.9 Å². The summed E-state index contributed by atoms with van der Waals surface area (Å²) in [6.45, 7) is 2.38. The molecule has 7 nitrogen and oxygen atoms in total. The highest BCUT2D eigenvalue weighted by molar-refractivity contribution is 7.96. The van der Waals surface area contributed by atoms with Gasteiger partial charge in [-0.25, -0.2) is 12.7 Å². The Bertz CT molecular complexity index is 1210. The van der Waals surface area contributed by atoms with Crippen molar-refractivity contribution in [2.75, 3.05) is 26.2 Å². The van der Waals surface area contributed by atoms with Crippen LogP contribution in [0.4, 0.5) is 0 Å². The van der Waals surface area contributed by atoms with Crippen LogP contribution >= 0.6 is 23.5 Å². The molecule has 35 heavy (non-hydrogen) atoms. The minimum absolute atomic E-state index is 0.0960. The highest BCUT2D eigenvalue weighted by Crippen LogP contribution is 2.35. The summed E-state index contributed by atoms with van der Waals surface area (Å²) in [4.78, 5) is 18.1. The lowest BCUT2D eigenvalue weighted by atomic mass is 9.89. The first-order valence-electron chi connectivity index (χ1n) is 11.9. The molecule has 1 N–H and O–H groups in total. The second kappa shape index (κ2) is 10.2. The lowest BCUT2D eigenvalue weighted by Gasteiger charge is -2.34. The van der Waals surface area contributed by atoms with Gasteiger partial charge >= 0.3 is 0 Å². The SMILES string of the molecule is O=C1NC(C2CCCN(SCc3ccccc3)C2)=NC12CCN(S(=O)(=O)c1cccc(Cl)c1)CC2. The van der Waals surface area contributed by atoms with Gasteiger partial charge in [-0.05, 0) is 49.4 Å². The molecule has 0 bridgehead atoms. The second-order valence-corrected chi connectivity index (χ2v) is 12.8. The minimum Gasteiger partial charge on any atom is -0.312 e. The Morgan fingerprint density at radius 1 is 1.09 bits per heavy atom. The zero-order valence-electron chi connectivity index (χ0n) is 19.4. The van der Waals surface area contributed by atoms with Crippen LogP contribution in [0.1, 0.15) is 31.2 Å². The van der Waals surface area contributed by atoms with Gasteiger partial charge in [0.25, 0.3) is 5.91 Å². The molecule has 5 rings (SSSR count). The van der Waals surface area contributed by atoms with Crippen molar-refractivity contribution in [3.05, 3.63) is 65.2 Å². The summed E-state index contributed by atoms with van der Waals surface area (Å²) in [5.41, 5.74) is 0.430. The predicted molar refractivity (Wildman–Crippen MR) is 140 cm³/mol. The van der Waals surface area contributed by atoms with Crippen LogP contribution in [-0.4, -0.2) is 60.5 Å². The molecular weight excluding hydrogens is 504 g/mol.